The molecular weight excluding hydrogens is 168 g/mol. The first-order chi connectivity index (χ1) is 6.36. The number of benzene rings is 1. The molecule has 0 saturated carbocycles. The predicted molar refractivity (Wildman–Crippen MR) is 45.6 cm³/mol. The van der Waals surface area contributed by atoms with Crippen LogP contribution in [-0.4, -0.2) is 19.3 Å². The Morgan fingerprint density at radius 2 is 1.69 bits per heavy atom. The second kappa shape index (κ2) is 3.87. The molecule has 0 atom stereocenters. The first-order valence-electron chi connectivity index (χ1n) is 4.30. The van der Waals surface area contributed by atoms with E-state index in [4.69, 9.17) is 9.47 Å². The lowest BCUT2D eigenvalue weighted by Gasteiger charge is -2.25. The quantitative estimate of drug-likeness (QED) is 0.655. The maximum absolute atomic E-state index is 10.9. The lowest BCUT2D eigenvalue weighted by Crippen LogP contribution is -2.30. The van der Waals surface area contributed by atoms with Gasteiger partial charge in [0, 0.05) is 5.56 Å². The highest BCUT2D eigenvalue weighted by Gasteiger charge is 2.22. The van der Waals surface area contributed by atoms with E-state index in [2.05, 4.69) is 0 Å². The summed E-state index contributed by atoms with van der Waals surface area (Å²) < 4.78 is 10.5. The first-order valence-corrected chi connectivity index (χ1v) is 4.30. The van der Waals surface area contributed by atoms with Crippen LogP contribution in [0.25, 0.3) is 0 Å². The van der Waals surface area contributed by atoms with Gasteiger partial charge >= 0.3 is 0 Å². The molecule has 3 heteroatoms. The smallest absolute Gasteiger partial charge is 0.184 e. The molecule has 0 N–H and O–H groups in total. The normalized spacial score (nSPS) is 28.7. The lowest BCUT2D eigenvalue weighted by molar-refractivity contribution is -0.231. The van der Waals surface area contributed by atoms with Crippen molar-refractivity contribution >= 4 is 0 Å². The number of rotatable bonds is 1. The molecule has 1 radical (unpaired) electrons. The van der Waals surface area contributed by atoms with Crippen LogP contribution >= 0.6 is 0 Å². The van der Waals surface area contributed by atoms with Gasteiger partial charge in [-0.3, -0.25) is 0 Å². The van der Waals surface area contributed by atoms with Gasteiger partial charge in [-0.05, 0) is 0 Å². The summed E-state index contributed by atoms with van der Waals surface area (Å²) in [6, 6.07) is 9.63. The van der Waals surface area contributed by atoms with Crippen molar-refractivity contribution < 1.29 is 14.6 Å². The summed E-state index contributed by atoms with van der Waals surface area (Å²) in [7, 11) is 0. The van der Waals surface area contributed by atoms with E-state index in [1.807, 2.05) is 30.3 Å². The van der Waals surface area contributed by atoms with Crippen LogP contribution in [0.3, 0.4) is 0 Å². The molecule has 1 heterocycles. The third-order valence-electron chi connectivity index (χ3n) is 1.94. The van der Waals surface area contributed by atoms with Gasteiger partial charge in [0.25, 0.3) is 0 Å². The molecule has 1 aromatic carbocycles. The molecule has 13 heavy (non-hydrogen) atoms. The molecule has 3 nitrogen and oxygen atoms in total. The van der Waals surface area contributed by atoms with Crippen molar-refractivity contribution in [2.45, 2.75) is 12.4 Å². The van der Waals surface area contributed by atoms with Crippen LogP contribution in [0.1, 0.15) is 11.9 Å². The molecule has 1 saturated heterocycles. The van der Waals surface area contributed by atoms with Crippen molar-refractivity contribution in [1.82, 2.24) is 0 Å². The molecule has 1 aromatic rings. The van der Waals surface area contributed by atoms with E-state index in [9.17, 15) is 5.11 Å². The maximum Gasteiger partial charge on any atom is 0.184 e. The molecule has 0 bridgehead atoms. The first kappa shape index (κ1) is 8.69. The van der Waals surface area contributed by atoms with Gasteiger partial charge in [-0.1, -0.05) is 30.3 Å². The van der Waals surface area contributed by atoms with E-state index in [1.165, 1.54) is 0 Å². The van der Waals surface area contributed by atoms with Gasteiger partial charge in [0.05, 0.1) is 13.2 Å². The molecule has 0 unspecified atom stereocenters. The summed E-state index contributed by atoms with van der Waals surface area (Å²) in [5.41, 5.74) is 0.967. The minimum atomic E-state index is -0.736. The second-order valence-electron chi connectivity index (χ2n) is 3.03. The molecule has 0 aliphatic carbocycles. The van der Waals surface area contributed by atoms with Crippen LogP contribution in [0.15, 0.2) is 30.3 Å². The third-order valence-corrected chi connectivity index (χ3v) is 1.94. The Balaban J connectivity index is 2.03. The van der Waals surface area contributed by atoms with Crippen LogP contribution in [0, 0.1) is 0 Å². The molecule has 0 amide bonds. The molecular formula is C10H11O3. The fraction of sp³-hybridized carbons (Fsp3) is 0.400. The minimum Gasteiger partial charge on any atom is -0.345 e. The van der Waals surface area contributed by atoms with Crippen LogP contribution in [0.5, 0.6) is 0 Å². The SMILES string of the molecule is [O]C1COC(c2ccccc2)OC1. The van der Waals surface area contributed by atoms with Crippen molar-refractivity contribution in [3.8, 4) is 0 Å². The van der Waals surface area contributed by atoms with Crippen LogP contribution in [-0.2, 0) is 14.6 Å². The fourth-order valence-corrected chi connectivity index (χ4v) is 1.29. The summed E-state index contributed by atoms with van der Waals surface area (Å²) in [6.07, 6.45) is -1.09. The Morgan fingerprint density at radius 1 is 1.08 bits per heavy atom. The minimum absolute atomic E-state index is 0.236. The van der Waals surface area contributed by atoms with Gasteiger partial charge < -0.3 is 9.47 Å². The number of ether oxygens (including phenoxy) is 2. The number of hydrogen-bond acceptors (Lipinski definition) is 2. The standard InChI is InChI=1S/C10H11O3/c11-9-6-12-10(13-7-9)8-4-2-1-3-5-8/h1-5,9-10H,6-7H2. The summed E-state index contributed by atoms with van der Waals surface area (Å²) in [5.74, 6) is 0. The molecule has 1 aliphatic heterocycles. The van der Waals surface area contributed by atoms with Crippen molar-refractivity contribution in [3.05, 3.63) is 35.9 Å². The third kappa shape index (κ3) is 2.06. The van der Waals surface area contributed by atoms with E-state index in [0.29, 0.717) is 0 Å². The van der Waals surface area contributed by atoms with Gasteiger partial charge in [-0.25, -0.2) is 5.11 Å². The Hall–Kier alpha value is -0.900. The van der Waals surface area contributed by atoms with E-state index in [0.717, 1.165) is 5.56 Å². The predicted octanol–water partition coefficient (Wildman–Crippen LogP) is 1.53. The van der Waals surface area contributed by atoms with Crippen LogP contribution in [0.4, 0.5) is 0 Å². The highest BCUT2D eigenvalue weighted by molar-refractivity contribution is 5.16. The fourth-order valence-electron chi connectivity index (χ4n) is 1.29. The molecule has 0 spiro atoms. The van der Waals surface area contributed by atoms with E-state index in [1.54, 1.807) is 0 Å². The lowest BCUT2D eigenvalue weighted by atomic mass is 10.2. The average Bonchev–Trinajstić information content (AvgIpc) is 2.20. The van der Waals surface area contributed by atoms with Gasteiger partial charge in [0.2, 0.25) is 0 Å². The Kier molecular flexibility index (Phi) is 2.59. The van der Waals surface area contributed by atoms with Gasteiger partial charge in [0.1, 0.15) is 6.10 Å². The highest BCUT2D eigenvalue weighted by Crippen LogP contribution is 2.22. The van der Waals surface area contributed by atoms with Gasteiger partial charge in [0.15, 0.2) is 6.29 Å². The molecule has 1 fully saturated rings. The zero-order valence-corrected chi connectivity index (χ0v) is 7.18. The van der Waals surface area contributed by atoms with E-state index < -0.39 is 6.10 Å². The van der Waals surface area contributed by atoms with Crippen LogP contribution in [0.2, 0.25) is 0 Å². The zero-order valence-electron chi connectivity index (χ0n) is 7.18. The maximum atomic E-state index is 10.9. The Bertz CT molecular complexity index is 252. The molecule has 2 rings (SSSR count). The highest BCUT2D eigenvalue weighted by atomic mass is 16.7. The number of hydrogen-bond donors (Lipinski definition) is 0. The monoisotopic (exact) mass is 179 g/mol. The van der Waals surface area contributed by atoms with E-state index >= 15 is 0 Å². The summed E-state index contributed by atoms with van der Waals surface area (Å²) in [6.45, 7) is 0.471. The Labute approximate surface area is 76.9 Å². The molecule has 0 aromatic heterocycles. The summed E-state index contributed by atoms with van der Waals surface area (Å²) >= 11 is 0. The molecule has 69 valence electrons. The van der Waals surface area contributed by atoms with Crippen molar-refractivity contribution in [2.24, 2.45) is 0 Å². The van der Waals surface area contributed by atoms with Crippen molar-refractivity contribution in [1.29, 1.82) is 0 Å². The summed E-state index contributed by atoms with van der Waals surface area (Å²) in [5, 5.41) is 10.9. The second-order valence-corrected chi connectivity index (χ2v) is 3.03. The van der Waals surface area contributed by atoms with Crippen molar-refractivity contribution in [3.63, 3.8) is 0 Å². The largest absolute Gasteiger partial charge is 0.345 e. The van der Waals surface area contributed by atoms with Crippen LogP contribution < -0.4 is 0 Å². The van der Waals surface area contributed by atoms with E-state index in [-0.39, 0.29) is 19.5 Å². The van der Waals surface area contributed by atoms with Crippen molar-refractivity contribution in [2.75, 3.05) is 13.2 Å². The van der Waals surface area contributed by atoms with Gasteiger partial charge in [-0.2, -0.15) is 0 Å². The zero-order chi connectivity index (χ0) is 9.10. The van der Waals surface area contributed by atoms with Gasteiger partial charge in [-0.15, -0.1) is 0 Å². The summed E-state index contributed by atoms with van der Waals surface area (Å²) in [4.78, 5) is 0. The topological polar surface area (TPSA) is 38.4 Å². The average molecular weight is 179 g/mol. The molecule has 1 aliphatic rings. The Morgan fingerprint density at radius 3 is 2.31 bits per heavy atom.